The number of nitrogens with zero attached hydrogens (tertiary/aromatic N) is 1. The lowest BCUT2D eigenvalue weighted by Crippen LogP contribution is -2.35. The molecule has 1 heterocycles. The van der Waals surface area contributed by atoms with Gasteiger partial charge in [-0.25, -0.2) is 0 Å². The van der Waals surface area contributed by atoms with Gasteiger partial charge in [0.05, 0.1) is 25.6 Å². The van der Waals surface area contributed by atoms with E-state index in [0.717, 1.165) is 65.4 Å². The first-order valence-corrected chi connectivity index (χ1v) is 24.1. The van der Waals surface area contributed by atoms with Crippen molar-refractivity contribution >= 4 is 6.29 Å². The first-order chi connectivity index (χ1) is 34.5. The summed E-state index contributed by atoms with van der Waals surface area (Å²) in [6.07, 6.45) is 7.90. The summed E-state index contributed by atoms with van der Waals surface area (Å²) in [6, 6.07) is 79.3. The summed E-state index contributed by atoms with van der Waals surface area (Å²) in [7, 11) is 0. The third-order valence-corrected chi connectivity index (χ3v) is 14.3. The van der Waals surface area contributed by atoms with Crippen molar-refractivity contribution < 1.29 is 23.7 Å². The van der Waals surface area contributed by atoms with Gasteiger partial charge in [0.1, 0.15) is 28.3 Å². The Hall–Kier alpha value is -7.90. The molecular formula is C64H53NO5. The number of aldehydes is 1. The van der Waals surface area contributed by atoms with Crippen LogP contribution in [0.15, 0.2) is 243 Å². The largest absolute Gasteiger partial charge is 0.455 e. The molecule has 6 nitrogen and oxygen atoms in total. The fraction of sp³-hybridized carbons (Fsp3) is 0.156. The van der Waals surface area contributed by atoms with Gasteiger partial charge in [0, 0.05) is 10.8 Å². The number of ether oxygens (including phenoxy) is 4. The Labute approximate surface area is 410 Å². The standard InChI is InChI=1S/C64H53NO5/c66-45-58-59(69-56-35-31-48(32-36-56)61(39-40-61)46-67-63(50-19-7-1-8-20-50,51-21-9-2-10-22-51)52-23-11-3-12-24-52)43-65-44-60(58)70-57-37-33-49(34-38-57)62(41-42-62)47-68-64(53-25-13-4-14-26-53,54-27-15-5-16-28-54)55-29-17-6-18-30-55/h1-38,43-45H,39-42,46-47H2. The molecule has 0 spiro atoms. The van der Waals surface area contributed by atoms with Crippen LogP contribution in [0.1, 0.15) is 80.5 Å². The highest BCUT2D eigenvalue weighted by molar-refractivity contribution is 5.83. The highest BCUT2D eigenvalue weighted by Crippen LogP contribution is 2.53. The molecule has 0 unspecified atom stereocenters. The summed E-state index contributed by atoms with van der Waals surface area (Å²) in [5.74, 6) is 1.80. The topological polar surface area (TPSA) is 66.9 Å². The predicted molar refractivity (Wildman–Crippen MR) is 275 cm³/mol. The molecule has 0 bridgehead atoms. The van der Waals surface area contributed by atoms with Crippen LogP contribution in [0.3, 0.4) is 0 Å². The molecule has 8 aromatic carbocycles. The molecule has 9 aromatic rings. The first kappa shape index (κ1) is 44.6. The van der Waals surface area contributed by atoms with Crippen molar-refractivity contribution in [2.24, 2.45) is 0 Å². The Morgan fingerprint density at radius 3 is 0.900 bits per heavy atom. The van der Waals surface area contributed by atoms with Gasteiger partial charge in [-0.2, -0.15) is 0 Å². The third kappa shape index (κ3) is 8.61. The minimum Gasteiger partial charge on any atom is -0.455 e. The Bertz CT molecular complexity index is 2740. The number of hydrogen-bond donors (Lipinski definition) is 0. The lowest BCUT2D eigenvalue weighted by Gasteiger charge is -2.37. The van der Waals surface area contributed by atoms with Gasteiger partial charge in [-0.3, -0.25) is 9.78 Å². The van der Waals surface area contributed by atoms with Crippen LogP contribution in [-0.4, -0.2) is 24.5 Å². The Kier molecular flexibility index (Phi) is 12.3. The Morgan fingerprint density at radius 2 is 0.657 bits per heavy atom. The summed E-state index contributed by atoms with van der Waals surface area (Å²) < 4.78 is 27.3. The van der Waals surface area contributed by atoms with Crippen molar-refractivity contribution in [3.8, 4) is 23.0 Å². The summed E-state index contributed by atoms with van der Waals surface area (Å²) in [5, 5.41) is 0. The maximum atomic E-state index is 12.7. The van der Waals surface area contributed by atoms with Gasteiger partial charge < -0.3 is 18.9 Å². The number of rotatable bonds is 19. The van der Waals surface area contributed by atoms with E-state index in [2.05, 4.69) is 175 Å². The molecule has 70 heavy (non-hydrogen) atoms. The van der Waals surface area contributed by atoms with Crippen LogP contribution in [0.5, 0.6) is 23.0 Å². The normalized spacial score (nSPS) is 14.6. The molecule has 2 aliphatic rings. The van der Waals surface area contributed by atoms with Crippen LogP contribution in [-0.2, 0) is 31.5 Å². The van der Waals surface area contributed by atoms with E-state index in [0.29, 0.717) is 36.2 Å². The minimum absolute atomic E-state index is 0.149. The van der Waals surface area contributed by atoms with Crippen LogP contribution < -0.4 is 9.47 Å². The summed E-state index contributed by atoms with van der Waals surface area (Å²) >= 11 is 0. The van der Waals surface area contributed by atoms with Gasteiger partial charge >= 0.3 is 0 Å². The van der Waals surface area contributed by atoms with Gasteiger partial charge in [0.15, 0.2) is 17.8 Å². The predicted octanol–water partition coefficient (Wildman–Crippen LogP) is 14.6. The monoisotopic (exact) mass is 915 g/mol. The van der Waals surface area contributed by atoms with Crippen LogP contribution in [0.4, 0.5) is 0 Å². The van der Waals surface area contributed by atoms with Crippen LogP contribution in [0.2, 0.25) is 0 Å². The van der Waals surface area contributed by atoms with E-state index >= 15 is 0 Å². The third-order valence-electron chi connectivity index (χ3n) is 14.3. The highest BCUT2D eigenvalue weighted by Gasteiger charge is 2.49. The van der Waals surface area contributed by atoms with Crippen LogP contribution >= 0.6 is 0 Å². The number of carbonyl (C=O) groups excluding carboxylic acids is 1. The Morgan fingerprint density at radius 1 is 0.386 bits per heavy atom. The molecule has 0 saturated heterocycles. The van der Waals surface area contributed by atoms with Gasteiger partial charge in [-0.15, -0.1) is 0 Å². The first-order valence-electron chi connectivity index (χ1n) is 24.1. The van der Waals surface area contributed by atoms with Crippen molar-refractivity contribution in [2.75, 3.05) is 13.2 Å². The zero-order valence-corrected chi connectivity index (χ0v) is 38.9. The number of carbonyl (C=O) groups is 1. The molecular weight excluding hydrogens is 863 g/mol. The highest BCUT2D eigenvalue weighted by atomic mass is 16.5. The second-order valence-corrected chi connectivity index (χ2v) is 18.6. The fourth-order valence-corrected chi connectivity index (χ4v) is 10.1. The number of aromatic nitrogens is 1. The molecule has 0 aliphatic heterocycles. The van der Waals surface area contributed by atoms with E-state index < -0.39 is 11.2 Å². The second-order valence-electron chi connectivity index (χ2n) is 18.6. The van der Waals surface area contributed by atoms with Crippen LogP contribution in [0, 0.1) is 0 Å². The van der Waals surface area contributed by atoms with Crippen molar-refractivity contribution in [1.29, 1.82) is 0 Å². The maximum absolute atomic E-state index is 12.7. The Balaban J connectivity index is 0.790. The molecule has 2 fully saturated rings. The van der Waals surface area contributed by atoms with Gasteiger partial charge in [0.25, 0.3) is 0 Å². The van der Waals surface area contributed by atoms with E-state index in [1.165, 1.54) is 11.1 Å². The molecule has 6 heteroatoms. The molecule has 0 radical (unpaired) electrons. The smallest absolute Gasteiger partial charge is 0.159 e. The molecule has 11 rings (SSSR count). The van der Waals surface area contributed by atoms with Crippen molar-refractivity contribution in [2.45, 2.75) is 47.7 Å². The van der Waals surface area contributed by atoms with Crippen molar-refractivity contribution in [1.82, 2.24) is 4.98 Å². The maximum Gasteiger partial charge on any atom is 0.159 e. The summed E-state index contributed by atoms with van der Waals surface area (Å²) in [4.78, 5) is 17.1. The lowest BCUT2D eigenvalue weighted by molar-refractivity contribution is -0.000405. The molecule has 0 N–H and O–H groups in total. The van der Waals surface area contributed by atoms with E-state index in [4.69, 9.17) is 18.9 Å². The quantitative estimate of drug-likeness (QED) is 0.0595. The zero-order chi connectivity index (χ0) is 47.3. The summed E-state index contributed by atoms with van der Waals surface area (Å²) in [5.41, 5.74) is 7.22. The lowest BCUT2D eigenvalue weighted by atomic mass is 9.80. The zero-order valence-electron chi connectivity index (χ0n) is 38.9. The average Bonchev–Trinajstić information content (AvgIpc) is 4.39. The summed E-state index contributed by atoms with van der Waals surface area (Å²) in [6.45, 7) is 1.05. The SMILES string of the molecule is O=Cc1c(Oc2ccc(C3(COC(c4ccccc4)(c4ccccc4)c4ccccc4)CC3)cc2)cncc1Oc1ccc(C2(COC(c3ccccc3)(c3ccccc3)c3ccccc3)CC2)cc1. The molecule has 344 valence electrons. The van der Waals surface area contributed by atoms with Crippen LogP contribution in [0.25, 0.3) is 0 Å². The van der Waals surface area contributed by atoms with Gasteiger partial charge in [0.2, 0.25) is 0 Å². The molecule has 1 aromatic heterocycles. The van der Waals surface area contributed by atoms with E-state index in [1.807, 2.05) is 60.7 Å². The van der Waals surface area contributed by atoms with E-state index in [9.17, 15) is 4.79 Å². The molecule has 0 amide bonds. The van der Waals surface area contributed by atoms with Gasteiger partial charge in [-0.1, -0.05) is 206 Å². The number of pyridine rings is 1. The molecule has 2 aliphatic carbocycles. The minimum atomic E-state index is -0.799. The van der Waals surface area contributed by atoms with Crippen molar-refractivity contribution in [3.05, 3.63) is 293 Å². The van der Waals surface area contributed by atoms with E-state index in [1.54, 1.807) is 12.4 Å². The number of benzene rings is 8. The van der Waals surface area contributed by atoms with Gasteiger partial charge in [-0.05, 0) is 94.5 Å². The fourth-order valence-electron chi connectivity index (χ4n) is 10.1. The molecule has 2 saturated carbocycles. The average molecular weight is 916 g/mol. The number of hydrogen-bond acceptors (Lipinski definition) is 6. The van der Waals surface area contributed by atoms with Crippen molar-refractivity contribution in [3.63, 3.8) is 0 Å². The van der Waals surface area contributed by atoms with E-state index in [-0.39, 0.29) is 16.4 Å². The second kappa shape index (κ2) is 19.2. The molecule has 0 atom stereocenters.